The number of urea groups is 1. The predicted molar refractivity (Wildman–Crippen MR) is 127 cm³/mol. The summed E-state index contributed by atoms with van der Waals surface area (Å²) >= 11 is 5.93. The van der Waals surface area contributed by atoms with Crippen molar-refractivity contribution < 1.29 is 19.1 Å². The molecule has 166 valence electrons. The molecule has 4 rings (SSSR count). The molecule has 0 radical (unpaired) electrons. The second-order valence-corrected chi connectivity index (χ2v) is 8.14. The molecule has 1 N–H and O–H groups in total. The number of nitrogens with one attached hydrogen (secondary N) is 1. The summed E-state index contributed by atoms with van der Waals surface area (Å²) in [7, 11) is 0. The van der Waals surface area contributed by atoms with E-state index in [0.717, 1.165) is 21.6 Å². The fraction of sp³-hybridized carbons (Fsp3) is 0.115. The van der Waals surface area contributed by atoms with Gasteiger partial charge in [0.15, 0.2) is 0 Å². The number of carbonyl (C=O) groups is 3. The van der Waals surface area contributed by atoms with E-state index in [1.165, 1.54) is 6.08 Å². The van der Waals surface area contributed by atoms with Crippen LogP contribution in [-0.2, 0) is 16.2 Å². The van der Waals surface area contributed by atoms with Gasteiger partial charge in [0.1, 0.15) is 17.9 Å². The smallest absolute Gasteiger partial charge is 0.335 e. The molecule has 0 spiro atoms. The number of imide groups is 2. The number of nitrogens with zero attached hydrogens (tertiary/aromatic N) is 1. The Kier molecular flexibility index (Phi) is 6.29. The summed E-state index contributed by atoms with van der Waals surface area (Å²) in [5.74, 6) is -0.947. The van der Waals surface area contributed by atoms with Crippen LogP contribution < -0.4 is 15.0 Å². The van der Waals surface area contributed by atoms with Crippen LogP contribution >= 0.6 is 11.6 Å². The zero-order valence-electron chi connectivity index (χ0n) is 18.1. The molecule has 1 aliphatic heterocycles. The first kappa shape index (κ1) is 22.3. The van der Waals surface area contributed by atoms with Crippen molar-refractivity contribution in [1.29, 1.82) is 0 Å². The number of amides is 4. The van der Waals surface area contributed by atoms with Crippen molar-refractivity contribution in [3.63, 3.8) is 0 Å². The first-order valence-corrected chi connectivity index (χ1v) is 10.7. The third kappa shape index (κ3) is 4.81. The summed E-state index contributed by atoms with van der Waals surface area (Å²) in [6, 6.07) is 18.9. The first-order chi connectivity index (χ1) is 15.8. The SMILES string of the molecule is Cc1ccc(N2C(=O)NC(=O)/C(=C\c3ccccc3OCc3ccc(Cl)cc3)C2=O)c(C)c1. The van der Waals surface area contributed by atoms with E-state index in [4.69, 9.17) is 16.3 Å². The molecule has 33 heavy (non-hydrogen) atoms. The summed E-state index contributed by atoms with van der Waals surface area (Å²) in [6.07, 6.45) is 1.44. The Bertz CT molecular complexity index is 1280. The average molecular weight is 461 g/mol. The van der Waals surface area contributed by atoms with Crippen LogP contribution in [0.3, 0.4) is 0 Å². The van der Waals surface area contributed by atoms with Crippen molar-refractivity contribution in [1.82, 2.24) is 5.32 Å². The van der Waals surface area contributed by atoms with Crippen LogP contribution in [0.5, 0.6) is 5.75 Å². The minimum Gasteiger partial charge on any atom is -0.488 e. The molecule has 0 atom stereocenters. The van der Waals surface area contributed by atoms with E-state index >= 15 is 0 Å². The maximum absolute atomic E-state index is 13.2. The normalized spacial score (nSPS) is 15.1. The molecule has 0 saturated carbocycles. The van der Waals surface area contributed by atoms with E-state index in [0.29, 0.717) is 22.0 Å². The lowest BCUT2D eigenvalue weighted by Crippen LogP contribution is -2.54. The molecule has 3 aromatic carbocycles. The topological polar surface area (TPSA) is 75.7 Å². The molecule has 1 aliphatic rings. The van der Waals surface area contributed by atoms with Gasteiger partial charge in [0.25, 0.3) is 11.8 Å². The summed E-state index contributed by atoms with van der Waals surface area (Å²) in [5.41, 5.74) is 3.48. The highest BCUT2D eigenvalue weighted by atomic mass is 35.5. The number of halogens is 1. The molecular formula is C26H21ClN2O4. The number of ether oxygens (including phenoxy) is 1. The highest BCUT2D eigenvalue weighted by Gasteiger charge is 2.37. The molecule has 0 bridgehead atoms. The van der Waals surface area contributed by atoms with Crippen molar-refractivity contribution >= 4 is 41.2 Å². The second-order valence-electron chi connectivity index (χ2n) is 7.70. The number of anilines is 1. The van der Waals surface area contributed by atoms with Crippen LogP contribution in [0.1, 0.15) is 22.3 Å². The number of aryl methyl sites for hydroxylation is 2. The Morgan fingerprint density at radius 3 is 2.42 bits per heavy atom. The van der Waals surface area contributed by atoms with Gasteiger partial charge < -0.3 is 4.74 Å². The van der Waals surface area contributed by atoms with Crippen molar-refractivity contribution in [2.24, 2.45) is 0 Å². The van der Waals surface area contributed by atoms with Gasteiger partial charge >= 0.3 is 6.03 Å². The lowest BCUT2D eigenvalue weighted by Gasteiger charge is -2.27. The fourth-order valence-electron chi connectivity index (χ4n) is 3.56. The number of hydrogen-bond donors (Lipinski definition) is 1. The van der Waals surface area contributed by atoms with Gasteiger partial charge in [0, 0.05) is 10.6 Å². The van der Waals surface area contributed by atoms with E-state index in [2.05, 4.69) is 5.32 Å². The largest absolute Gasteiger partial charge is 0.488 e. The Hall–Kier alpha value is -3.90. The third-order valence-electron chi connectivity index (χ3n) is 5.22. The Morgan fingerprint density at radius 2 is 1.70 bits per heavy atom. The van der Waals surface area contributed by atoms with Crippen LogP contribution in [0.15, 0.2) is 72.3 Å². The minimum atomic E-state index is -0.777. The van der Waals surface area contributed by atoms with Crippen molar-refractivity contribution in [2.75, 3.05) is 4.90 Å². The number of barbiturate groups is 1. The number of rotatable bonds is 5. The zero-order valence-corrected chi connectivity index (χ0v) is 18.8. The Morgan fingerprint density at radius 1 is 0.970 bits per heavy atom. The number of hydrogen-bond acceptors (Lipinski definition) is 4. The van der Waals surface area contributed by atoms with Gasteiger partial charge in [-0.25, -0.2) is 9.69 Å². The molecule has 1 fully saturated rings. The zero-order chi connectivity index (χ0) is 23.5. The van der Waals surface area contributed by atoms with Crippen LogP contribution in [0, 0.1) is 13.8 Å². The molecule has 0 unspecified atom stereocenters. The van der Waals surface area contributed by atoms with Crippen LogP contribution in [0.2, 0.25) is 5.02 Å². The molecule has 4 amide bonds. The standard InChI is InChI=1S/C26H21ClN2O4/c1-16-7-12-22(17(2)13-16)29-25(31)21(24(30)28-26(29)32)14-19-5-3-4-6-23(19)33-15-18-8-10-20(27)11-9-18/h3-14H,15H2,1-2H3,(H,28,30,32)/b21-14+. The van der Waals surface area contributed by atoms with Crippen LogP contribution in [-0.4, -0.2) is 17.8 Å². The molecule has 0 aliphatic carbocycles. The van der Waals surface area contributed by atoms with Gasteiger partial charge in [0.2, 0.25) is 0 Å². The highest BCUT2D eigenvalue weighted by molar-refractivity contribution is 6.39. The number of para-hydroxylation sites is 1. The Balaban J connectivity index is 1.65. The van der Waals surface area contributed by atoms with Gasteiger partial charge in [0.05, 0.1) is 5.69 Å². The quantitative estimate of drug-likeness (QED) is 0.419. The van der Waals surface area contributed by atoms with Gasteiger partial charge in [-0.3, -0.25) is 14.9 Å². The van der Waals surface area contributed by atoms with Gasteiger partial charge in [-0.15, -0.1) is 0 Å². The summed E-state index contributed by atoms with van der Waals surface area (Å²) in [6.45, 7) is 4.01. The third-order valence-corrected chi connectivity index (χ3v) is 5.47. The Labute approximate surface area is 196 Å². The second kappa shape index (κ2) is 9.30. The van der Waals surface area contributed by atoms with Gasteiger partial charge in [-0.2, -0.15) is 0 Å². The fourth-order valence-corrected chi connectivity index (χ4v) is 3.69. The molecule has 7 heteroatoms. The van der Waals surface area contributed by atoms with Crippen molar-refractivity contribution in [3.05, 3.63) is 99.6 Å². The molecule has 1 saturated heterocycles. The summed E-state index contributed by atoms with van der Waals surface area (Å²) < 4.78 is 5.93. The van der Waals surface area contributed by atoms with E-state index in [1.807, 2.05) is 38.1 Å². The van der Waals surface area contributed by atoms with E-state index < -0.39 is 17.8 Å². The van der Waals surface area contributed by atoms with Crippen LogP contribution in [0.25, 0.3) is 6.08 Å². The molecule has 1 heterocycles. The maximum Gasteiger partial charge on any atom is 0.335 e. The predicted octanol–water partition coefficient (Wildman–Crippen LogP) is 5.20. The van der Waals surface area contributed by atoms with E-state index in [-0.39, 0.29) is 12.2 Å². The first-order valence-electron chi connectivity index (χ1n) is 10.3. The summed E-state index contributed by atoms with van der Waals surface area (Å²) in [4.78, 5) is 39.3. The maximum atomic E-state index is 13.2. The van der Waals surface area contributed by atoms with E-state index in [9.17, 15) is 14.4 Å². The van der Waals surface area contributed by atoms with Crippen molar-refractivity contribution in [3.8, 4) is 5.75 Å². The van der Waals surface area contributed by atoms with Gasteiger partial charge in [-0.1, -0.05) is 59.6 Å². The lowest BCUT2D eigenvalue weighted by molar-refractivity contribution is -0.122. The molecular weight excluding hydrogens is 440 g/mol. The molecule has 0 aromatic heterocycles. The highest BCUT2D eigenvalue weighted by Crippen LogP contribution is 2.28. The average Bonchev–Trinajstić information content (AvgIpc) is 2.78. The number of carbonyl (C=O) groups excluding carboxylic acids is 3. The van der Waals surface area contributed by atoms with E-state index in [1.54, 1.807) is 42.5 Å². The minimum absolute atomic E-state index is 0.155. The lowest BCUT2D eigenvalue weighted by atomic mass is 10.0. The summed E-state index contributed by atoms with van der Waals surface area (Å²) in [5, 5.41) is 2.89. The monoisotopic (exact) mass is 460 g/mol. The molecule has 3 aromatic rings. The van der Waals surface area contributed by atoms with Crippen molar-refractivity contribution in [2.45, 2.75) is 20.5 Å². The van der Waals surface area contributed by atoms with Crippen LogP contribution in [0.4, 0.5) is 10.5 Å². The number of benzene rings is 3. The van der Waals surface area contributed by atoms with Gasteiger partial charge in [-0.05, 0) is 55.3 Å². The molecule has 6 nitrogen and oxygen atoms in total.